The van der Waals surface area contributed by atoms with Crippen LogP contribution in [0.1, 0.15) is 0 Å². The molecule has 0 bridgehead atoms. The second-order valence-corrected chi connectivity index (χ2v) is 14.7. The molecule has 5 nitrogen and oxygen atoms in total. The fraction of sp³-hybridized carbons (Fsp3) is 0. The van der Waals surface area contributed by atoms with Crippen molar-refractivity contribution in [1.29, 1.82) is 0 Å². The third kappa shape index (κ3) is 5.26. The second-order valence-electron chi connectivity index (χ2n) is 13.6. The van der Waals surface area contributed by atoms with Gasteiger partial charge in [0.25, 0.3) is 0 Å². The van der Waals surface area contributed by atoms with E-state index in [0.29, 0.717) is 17.5 Å². The molecular formula is C49H30N4OS. The molecular weight excluding hydrogens is 693 g/mol. The van der Waals surface area contributed by atoms with E-state index < -0.39 is 0 Å². The number of benzene rings is 8. The van der Waals surface area contributed by atoms with Crippen LogP contribution in [0.15, 0.2) is 182 Å². The SMILES string of the molecule is c1ccc(-c2nc(-c3ccccc3)nc(-c3cccc4c3-c3cccc5c(N(c6ccccc6)c6ccc7sc8ccccc8c7c6)ccc(c35)O4)n2)cc1. The van der Waals surface area contributed by atoms with Crippen molar-refractivity contribution < 1.29 is 4.74 Å². The van der Waals surface area contributed by atoms with Crippen molar-refractivity contribution in [2.75, 3.05) is 4.90 Å². The van der Waals surface area contributed by atoms with Gasteiger partial charge in [0.05, 0.1) is 5.69 Å². The van der Waals surface area contributed by atoms with Crippen LogP contribution in [0, 0.1) is 0 Å². The number of para-hydroxylation sites is 1. The van der Waals surface area contributed by atoms with Gasteiger partial charge in [0, 0.05) is 64.6 Å². The van der Waals surface area contributed by atoms with Crippen molar-refractivity contribution in [2.24, 2.45) is 0 Å². The van der Waals surface area contributed by atoms with Crippen molar-refractivity contribution >= 4 is 59.3 Å². The Labute approximate surface area is 321 Å². The van der Waals surface area contributed by atoms with Crippen LogP contribution in [-0.4, -0.2) is 15.0 Å². The molecule has 8 aromatic carbocycles. The second kappa shape index (κ2) is 12.8. The molecule has 3 heterocycles. The average Bonchev–Trinajstić information content (AvgIpc) is 3.63. The molecule has 11 rings (SSSR count). The lowest BCUT2D eigenvalue weighted by atomic mass is 9.90. The van der Waals surface area contributed by atoms with Gasteiger partial charge in [-0.3, -0.25) is 0 Å². The number of fused-ring (bicyclic) bond motifs is 5. The van der Waals surface area contributed by atoms with Crippen LogP contribution in [0.25, 0.3) is 76.2 Å². The maximum absolute atomic E-state index is 6.79. The first-order chi connectivity index (χ1) is 27.3. The third-order valence-electron chi connectivity index (χ3n) is 10.3. The molecule has 0 spiro atoms. The van der Waals surface area contributed by atoms with E-state index in [4.69, 9.17) is 19.7 Å². The highest BCUT2D eigenvalue weighted by molar-refractivity contribution is 7.25. The van der Waals surface area contributed by atoms with Crippen molar-refractivity contribution in [2.45, 2.75) is 0 Å². The summed E-state index contributed by atoms with van der Waals surface area (Å²) in [6, 6.07) is 63.2. The molecule has 2 aromatic heterocycles. The highest BCUT2D eigenvalue weighted by atomic mass is 32.1. The number of aromatic nitrogens is 3. The molecule has 0 aliphatic carbocycles. The summed E-state index contributed by atoms with van der Waals surface area (Å²) in [6.07, 6.45) is 0. The quantitative estimate of drug-likeness (QED) is 0.171. The van der Waals surface area contributed by atoms with E-state index in [-0.39, 0.29) is 0 Å². The number of hydrogen-bond acceptors (Lipinski definition) is 6. The fourth-order valence-electron chi connectivity index (χ4n) is 7.83. The molecule has 0 atom stereocenters. The Morgan fingerprint density at radius 2 is 1.04 bits per heavy atom. The molecule has 10 aromatic rings. The molecule has 0 saturated carbocycles. The van der Waals surface area contributed by atoms with E-state index >= 15 is 0 Å². The topological polar surface area (TPSA) is 51.1 Å². The van der Waals surface area contributed by atoms with Crippen molar-refractivity contribution in [3.05, 3.63) is 182 Å². The summed E-state index contributed by atoms with van der Waals surface area (Å²) in [4.78, 5) is 17.5. The van der Waals surface area contributed by atoms with Gasteiger partial charge in [0.15, 0.2) is 17.5 Å². The molecule has 0 N–H and O–H groups in total. The average molecular weight is 723 g/mol. The minimum atomic E-state index is 0.590. The lowest BCUT2D eigenvalue weighted by Crippen LogP contribution is -2.11. The van der Waals surface area contributed by atoms with E-state index in [0.717, 1.165) is 67.2 Å². The minimum absolute atomic E-state index is 0.590. The molecule has 258 valence electrons. The van der Waals surface area contributed by atoms with Gasteiger partial charge in [-0.25, -0.2) is 15.0 Å². The molecule has 1 aliphatic rings. The Morgan fingerprint density at radius 1 is 0.418 bits per heavy atom. The van der Waals surface area contributed by atoms with Crippen molar-refractivity contribution in [3.8, 4) is 56.8 Å². The van der Waals surface area contributed by atoms with Crippen LogP contribution >= 0.6 is 11.3 Å². The van der Waals surface area contributed by atoms with Gasteiger partial charge in [0.1, 0.15) is 11.5 Å². The summed E-state index contributed by atoms with van der Waals surface area (Å²) in [5, 5.41) is 4.66. The number of thiophene rings is 1. The van der Waals surface area contributed by atoms with Crippen LogP contribution in [-0.2, 0) is 0 Å². The zero-order valence-corrected chi connectivity index (χ0v) is 30.2. The Kier molecular flexibility index (Phi) is 7.28. The van der Waals surface area contributed by atoms with Crippen molar-refractivity contribution in [1.82, 2.24) is 15.0 Å². The molecule has 0 fully saturated rings. The van der Waals surface area contributed by atoms with E-state index in [1.165, 1.54) is 20.2 Å². The number of nitrogens with zero attached hydrogens (tertiary/aromatic N) is 4. The van der Waals surface area contributed by atoms with Gasteiger partial charge >= 0.3 is 0 Å². The van der Waals surface area contributed by atoms with Gasteiger partial charge < -0.3 is 9.64 Å². The lowest BCUT2D eigenvalue weighted by Gasteiger charge is -2.29. The molecule has 1 aliphatic heterocycles. The molecule has 55 heavy (non-hydrogen) atoms. The van der Waals surface area contributed by atoms with Gasteiger partial charge in [-0.2, -0.15) is 0 Å². The smallest absolute Gasteiger partial charge is 0.164 e. The van der Waals surface area contributed by atoms with E-state index in [1.807, 2.05) is 84.1 Å². The van der Waals surface area contributed by atoms with Crippen LogP contribution in [0.3, 0.4) is 0 Å². The predicted molar refractivity (Wildman–Crippen MR) is 227 cm³/mol. The predicted octanol–water partition coefficient (Wildman–Crippen LogP) is 13.6. The summed E-state index contributed by atoms with van der Waals surface area (Å²) in [6.45, 7) is 0. The third-order valence-corrected chi connectivity index (χ3v) is 11.5. The van der Waals surface area contributed by atoms with E-state index in [9.17, 15) is 0 Å². The molecule has 0 radical (unpaired) electrons. The highest BCUT2D eigenvalue weighted by Gasteiger charge is 2.27. The minimum Gasteiger partial charge on any atom is -0.456 e. The first-order valence-corrected chi connectivity index (χ1v) is 19.1. The zero-order valence-electron chi connectivity index (χ0n) is 29.4. The van der Waals surface area contributed by atoms with Crippen LogP contribution in [0.5, 0.6) is 11.5 Å². The molecule has 0 amide bonds. The summed E-state index contributed by atoms with van der Waals surface area (Å²) < 4.78 is 9.36. The van der Waals surface area contributed by atoms with Gasteiger partial charge in [-0.15, -0.1) is 11.3 Å². The first kappa shape index (κ1) is 31.4. The summed E-state index contributed by atoms with van der Waals surface area (Å²) in [7, 11) is 0. The normalized spacial score (nSPS) is 11.8. The van der Waals surface area contributed by atoms with E-state index in [2.05, 4.69) is 114 Å². The summed E-state index contributed by atoms with van der Waals surface area (Å²) in [5.74, 6) is 3.41. The molecule has 0 unspecified atom stereocenters. The zero-order chi connectivity index (χ0) is 36.3. The summed E-state index contributed by atoms with van der Waals surface area (Å²) >= 11 is 1.83. The Morgan fingerprint density at radius 3 is 1.80 bits per heavy atom. The number of rotatable bonds is 6. The Balaban J connectivity index is 1.12. The lowest BCUT2D eigenvalue weighted by molar-refractivity contribution is 0.487. The maximum Gasteiger partial charge on any atom is 0.164 e. The van der Waals surface area contributed by atoms with Gasteiger partial charge in [-0.1, -0.05) is 127 Å². The number of anilines is 3. The monoisotopic (exact) mass is 722 g/mol. The number of hydrogen-bond donors (Lipinski definition) is 0. The molecule has 6 heteroatoms. The van der Waals surface area contributed by atoms with Crippen LogP contribution < -0.4 is 9.64 Å². The standard InChI is InChI=1S/C49H30N4OS/c1-4-14-31(15-5-1)47-50-48(32-16-6-2-7-17-32)52-49(51-47)38-23-13-24-41-46(38)37-22-12-21-36-40(27-28-42(54-41)45(36)37)53(33-18-8-3-9-19-33)34-26-29-44-39(30-34)35-20-10-11-25-43(35)55-44/h1-30H. The fourth-order valence-corrected chi connectivity index (χ4v) is 8.92. The number of ether oxygens (including phenoxy) is 1. The Hall–Kier alpha value is -7.15. The largest absolute Gasteiger partial charge is 0.456 e. The van der Waals surface area contributed by atoms with Crippen LogP contribution in [0.4, 0.5) is 17.1 Å². The van der Waals surface area contributed by atoms with Crippen LogP contribution in [0.2, 0.25) is 0 Å². The summed E-state index contributed by atoms with van der Waals surface area (Å²) in [5.41, 5.74) is 7.99. The molecule has 0 saturated heterocycles. The Bertz CT molecular complexity index is 3010. The van der Waals surface area contributed by atoms with E-state index in [1.54, 1.807) is 0 Å². The van der Waals surface area contributed by atoms with Crippen molar-refractivity contribution in [3.63, 3.8) is 0 Å². The maximum atomic E-state index is 6.79. The first-order valence-electron chi connectivity index (χ1n) is 18.3. The van der Waals surface area contributed by atoms with Gasteiger partial charge in [-0.05, 0) is 60.2 Å². The van der Waals surface area contributed by atoms with Gasteiger partial charge in [0.2, 0.25) is 0 Å². The highest BCUT2D eigenvalue weighted by Crippen LogP contribution is 2.53.